The molecule has 1 aliphatic heterocycles. The van der Waals surface area contributed by atoms with E-state index < -0.39 is 5.82 Å². The molecule has 27 heavy (non-hydrogen) atoms. The first-order valence-corrected chi connectivity index (χ1v) is 8.40. The van der Waals surface area contributed by atoms with E-state index in [4.69, 9.17) is 4.74 Å². The number of nitriles is 1. The van der Waals surface area contributed by atoms with Crippen LogP contribution in [-0.2, 0) is 6.54 Å². The number of ether oxygens (including phenoxy) is 1. The molecule has 132 valence electrons. The number of halogens is 1. The smallest absolute Gasteiger partial charge is 0.251 e. The van der Waals surface area contributed by atoms with Crippen LogP contribution >= 0.6 is 0 Å². The van der Waals surface area contributed by atoms with Crippen molar-refractivity contribution in [2.75, 3.05) is 7.11 Å². The third-order valence-electron chi connectivity index (χ3n) is 4.69. The molecule has 0 bridgehead atoms. The monoisotopic (exact) mass is 358 g/mol. The normalized spacial score (nSPS) is 12.3. The van der Waals surface area contributed by atoms with Crippen molar-refractivity contribution in [1.29, 1.82) is 5.26 Å². The molecule has 5 heteroatoms. The Balaban J connectivity index is 1.96. The van der Waals surface area contributed by atoms with E-state index in [0.29, 0.717) is 23.2 Å². The largest absolute Gasteiger partial charge is 0.494 e. The van der Waals surface area contributed by atoms with E-state index in [0.717, 1.165) is 22.3 Å². The molecule has 1 amide bonds. The second kappa shape index (κ2) is 6.58. The Kier molecular flexibility index (Phi) is 4.09. The zero-order chi connectivity index (χ0) is 19.0. The summed E-state index contributed by atoms with van der Waals surface area (Å²) in [4.78, 5) is 12.1. The van der Waals surface area contributed by atoms with Crippen LogP contribution in [0.3, 0.4) is 0 Å². The molecular weight excluding hydrogens is 343 g/mol. The van der Waals surface area contributed by atoms with Gasteiger partial charge in [-0.1, -0.05) is 18.2 Å². The Morgan fingerprint density at radius 3 is 2.56 bits per heavy atom. The lowest BCUT2D eigenvalue weighted by molar-refractivity contribution is 0.0966. The van der Waals surface area contributed by atoms with Gasteiger partial charge in [-0.05, 0) is 64.2 Å². The van der Waals surface area contributed by atoms with E-state index in [1.165, 1.54) is 13.2 Å². The summed E-state index contributed by atoms with van der Waals surface area (Å²) in [6.07, 6.45) is 0. The van der Waals surface area contributed by atoms with Crippen LogP contribution in [0, 0.1) is 17.1 Å². The van der Waals surface area contributed by atoms with Crippen molar-refractivity contribution in [2.24, 2.45) is 0 Å². The molecule has 0 aromatic heterocycles. The number of hydrogen-bond donors (Lipinski definition) is 1. The number of benzene rings is 3. The van der Waals surface area contributed by atoms with Gasteiger partial charge in [0.1, 0.15) is 0 Å². The van der Waals surface area contributed by atoms with E-state index >= 15 is 0 Å². The molecule has 0 spiro atoms. The van der Waals surface area contributed by atoms with Gasteiger partial charge in [0.2, 0.25) is 0 Å². The van der Waals surface area contributed by atoms with Gasteiger partial charge in [0, 0.05) is 12.1 Å². The van der Waals surface area contributed by atoms with Gasteiger partial charge in [-0.25, -0.2) is 4.39 Å². The number of nitrogens with one attached hydrogen (secondary N) is 1. The van der Waals surface area contributed by atoms with Gasteiger partial charge in [0.15, 0.2) is 11.6 Å². The Morgan fingerprint density at radius 2 is 1.81 bits per heavy atom. The second-order valence-electron chi connectivity index (χ2n) is 6.28. The first-order chi connectivity index (χ1) is 13.1. The number of hydrogen-bond acceptors (Lipinski definition) is 3. The molecule has 3 aromatic rings. The van der Waals surface area contributed by atoms with E-state index in [1.54, 1.807) is 30.3 Å². The predicted molar refractivity (Wildman–Crippen MR) is 99.7 cm³/mol. The van der Waals surface area contributed by atoms with Gasteiger partial charge in [-0.2, -0.15) is 5.26 Å². The van der Waals surface area contributed by atoms with Crippen LogP contribution in [0.4, 0.5) is 4.39 Å². The van der Waals surface area contributed by atoms with Gasteiger partial charge in [0.25, 0.3) is 5.91 Å². The predicted octanol–water partition coefficient (Wildman–Crippen LogP) is 4.28. The van der Waals surface area contributed by atoms with Gasteiger partial charge in [-0.3, -0.25) is 4.79 Å². The summed E-state index contributed by atoms with van der Waals surface area (Å²) in [5, 5.41) is 12.0. The highest BCUT2D eigenvalue weighted by Gasteiger charge is 2.22. The molecule has 0 atom stereocenters. The number of carbonyl (C=O) groups is 1. The zero-order valence-corrected chi connectivity index (χ0v) is 14.5. The fourth-order valence-corrected chi connectivity index (χ4v) is 3.34. The minimum atomic E-state index is -0.475. The fraction of sp³-hybridized carbons (Fsp3) is 0.0909. The van der Waals surface area contributed by atoms with Gasteiger partial charge < -0.3 is 10.1 Å². The molecule has 4 rings (SSSR count). The molecule has 0 unspecified atom stereocenters. The Labute approximate surface area is 155 Å². The lowest BCUT2D eigenvalue weighted by Gasteiger charge is -2.14. The lowest BCUT2D eigenvalue weighted by Crippen LogP contribution is -2.12. The van der Waals surface area contributed by atoms with Crippen molar-refractivity contribution in [2.45, 2.75) is 6.54 Å². The van der Waals surface area contributed by atoms with Crippen molar-refractivity contribution in [1.82, 2.24) is 5.32 Å². The van der Waals surface area contributed by atoms with E-state index in [9.17, 15) is 14.4 Å². The first-order valence-electron chi connectivity index (χ1n) is 8.40. The van der Waals surface area contributed by atoms with Crippen LogP contribution in [0.2, 0.25) is 0 Å². The minimum Gasteiger partial charge on any atom is -0.494 e. The third-order valence-corrected chi connectivity index (χ3v) is 4.69. The minimum absolute atomic E-state index is 0.141. The van der Waals surface area contributed by atoms with Crippen LogP contribution < -0.4 is 10.1 Å². The Bertz CT molecular complexity index is 1120. The topological polar surface area (TPSA) is 62.1 Å². The molecule has 1 heterocycles. The maximum Gasteiger partial charge on any atom is 0.251 e. The molecule has 0 saturated heterocycles. The zero-order valence-electron chi connectivity index (χ0n) is 14.5. The molecule has 1 N–H and O–H groups in total. The van der Waals surface area contributed by atoms with E-state index in [2.05, 4.69) is 11.4 Å². The molecule has 0 aliphatic carbocycles. The first kappa shape index (κ1) is 16.8. The second-order valence-corrected chi connectivity index (χ2v) is 6.28. The summed E-state index contributed by atoms with van der Waals surface area (Å²) in [6.45, 7) is 0.455. The highest BCUT2D eigenvalue weighted by atomic mass is 19.1. The molecule has 0 fully saturated rings. The highest BCUT2D eigenvalue weighted by Crippen LogP contribution is 2.37. The van der Waals surface area contributed by atoms with Crippen molar-refractivity contribution in [3.8, 4) is 34.1 Å². The van der Waals surface area contributed by atoms with Crippen LogP contribution in [0.15, 0.2) is 54.6 Å². The fourth-order valence-electron chi connectivity index (χ4n) is 3.34. The number of nitrogens with zero attached hydrogens (tertiary/aromatic N) is 1. The molecule has 1 aliphatic rings. The molecule has 0 radical (unpaired) electrons. The maximum atomic E-state index is 14.3. The van der Waals surface area contributed by atoms with Gasteiger partial charge in [-0.15, -0.1) is 0 Å². The van der Waals surface area contributed by atoms with Crippen molar-refractivity contribution in [3.05, 3.63) is 77.1 Å². The van der Waals surface area contributed by atoms with Crippen molar-refractivity contribution < 1.29 is 13.9 Å². The number of methoxy groups -OCH3 is 1. The van der Waals surface area contributed by atoms with Crippen LogP contribution in [0.5, 0.6) is 5.75 Å². The SMILES string of the molecule is COc1ccc(-c2cc3c(cc2-c2cccc(C#N)c2)CNC3=O)cc1F. The molecule has 0 saturated carbocycles. The third kappa shape index (κ3) is 2.91. The number of fused-ring (bicyclic) bond motifs is 1. The average Bonchev–Trinajstić information content (AvgIpc) is 3.07. The van der Waals surface area contributed by atoms with Gasteiger partial charge >= 0.3 is 0 Å². The van der Waals surface area contributed by atoms with Crippen LogP contribution in [0.25, 0.3) is 22.3 Å². The standard InChI is InChI=1S/C22H15FN2O2/c1-27-21-6-5-15(9-20(21)23)18-10-19-16(12-25-22(19)26)8-17(18)14-4-2-3-13(7-14)11-24/h2-10H,12H2,1H3,(H,25,26). The van der Waals surface area contributed by atoms with E-state index in [1.807, 2.05) is 18.2 Å². The summed E-state index contributed by atoms with van der Waals surface area (Å²) >= 11 is 0. The van der Waals surface area contributed by atoms with E-state index in [-0.39, 0.29) is 11.7 Å². The number of carbonyl (C=O) groups excluding carboxylic acids is 1. The number of amides is 1. The molecular formula is C22H15FN2O2. The summed E-state index contributed by atoms with van der Waals surface area (Å²) in [5.74, 6) is -0.458. The molecule has 4 nitrogen and oxygen atoms in total. The quantitative estimate of drug-likeness (QED) is 0.760. The van der Waals surface area contributed by atoms with Crippen molar-refractivity contribution >= 4 is 5.91 Å². The van der Waals surface area contributed by atoms with Crippen LogP contribution in [-0.4, -0.2) is 13.0 Å². The summed E-state index contributed by atoms with van der Waals surface area (Å²) in [7, 11) is 1.41. The average molecular weight is 358 g/mol. The summed E-state index contributed by atoms with van der Waals surface area (Å²) in [6, 6.07) is 17.8. The van der Waals surface area contributed by atoms with Crippen molar-refractivity contribution in [3.63, 3.8) is 0 Å². The van der Waals surface area contributed by atoms with Crippen LogP contribution in [0.1, 0.15) is 21.5 Å². The summed E-state index contributed by atoms with van der Waals surface area (Å²) < 4.78 is 19.3. The highest BCUT2D eigenvalue weighted by molar-refractivity contribution is 6.01. The molecule has 3 aromatic carbocycles. The summed E-state index contributed by atoms with van der Waals surface area (Å²) in [5.41, 5.74) is 5.04. The maximum absolute atomic E-state index is 14.3. The lowest BCUT2D eigenvalue weighted by atomic mass is 9.90. The Morgan fingerprint density at radius 1 is 1.04 bits per heavy atom. The van der Waals surface area contributed by atoms with Gasteiger partial charge in [0.05, 0.1) is 18.7 Å². The Hall–Kier alpha value is -3.65. The number of rotatable bonds is 3.